The van der Waals surface area contributed by atoms with E-state index in [0.717, 1.165) is 22.4 Å². The number of anilines is 3. The Morgan fingerprint density at radius 2 is 1.91 bits per heavy atom. The number of nitrogens with one attached hydrogen (secondary N) is 2. The lowest BCUT2D eigenvalue weighted by atomic mass is 10.2. The molecule has 0 atom stereocenters. The van der Waals surface area contributed by atoms with E-state index in [4.69, 9.17) is 4.74 Å². The standard InChI is InChI=1S/C17H16N4O2/c1-23-10-16(22)20-12-5-4-6-13(9-12)21-17-14-7-2-3-8-15(14)18-11-19-17/h2-9,11H,10H2,1H3,(H,20,22)(H,18,19,21). The summed E-state index contributed by atoms with van der Waals surface area (Å²) in [4.78, 5) is 20.1. The number of amides is 1. The van der Waals surface area contributed by atoms with Gasteiger partial charge in [0.1, 0.15) is 18.8 Å². The molecule has 0 aliphatic rings. The Bertz CT molecular complexity index is 830. The Kier molecular flexibility index (Phi) is 4.44. The van der Waals surface area contributed by atoms with Gasteiger partial charge in [-0.15, -0.1) is 0 Å². The highest BCUT2D eigenvalue weighted by Crippen LogP contribution is 2.24. The molecule has 0 fully saturated rings. The zero-order valence-electron chi connectivity index (χ0n) is 12.6. The number of para-hydroxylation sites is 1. The van der Waals surface area contributed by atoms with Crippen molar-refractivity contribution in [3.63, 3.8) is 0 Å². The van der Waals surface area contributed by atoms with Gasteiger partial charge >= 0.3 is 0 Å². The van der Waals surface area contributed by atoms with Crippen LogP contribution in [0.1, 0.15) is 0 Å². The molecule has 0 spiro atoms. The number of carbonyl (C=O) groups excluding carboxylic acids is 1. The van der Waals surface area contributed by atoms with E-state index in [1.807, 2.05) is 48.5 Å². The van der Waals surface area contributed by atoms with Crippen LogP contribution in [-0.2, 0) is 9.53 Å². The number of rotatable bonds is 5. The molecule has 1 heterocycles. The second-order valence-electron chi connectivity index (χ2n) is 4.93. The van der Waals surface area contributed by atoms with E-state index in [2.05, 4.69) is 20.6 Å². The van der Waals surface area contributed by atoms with E-state index in [9.17, 15) is 4.79 Å². The fraction of sp³-hybridized carbons (Fsp3) is 0.118. The predicted octanol–water partition coefficient (Wildman–Crippen LogP) is 2.96. The summed E-state index contributed by atoms with van der Waals surface area (Å²) in [6.45, 7) is 0.0220. The third kappa shape index (κ3) is 3.61. The molecule has 3 rings (SSSR count). The van der Waals surface area contributed by atoms with Crippen molar-refractivity contribution in [2.45, 2.75) is 0 Å². The Morgan fingerprint density at radius 1 is 1.09 bits per heavy atom. The van der Waals surface area contributed by atoms with Crippen molar-refractivity contribution in [3.05, 3.63) is 54.9 Å². The molecule has 2 N–H and O–H groups in total. The van der Waals surface area contributed by atoms with Crippen molar-refractivity contribution in [1.82, 2.24) is 9.97 Å². The number of methoxy groups -OCH3 is 1. The number of nitrogens with zero attached hydrogens (tertiary/aromatic N) is 2. The van der Waals surface area contributed by atoms with Crippen LogP contribution in [0.15, 0.2) is 54.9 Å². The molecule has 1 aromatic heterocycles. The molecule has 23 heavy (non-hydrogen) atoms. The van der Waals surface area contributed by atoms with Gasteiger partial charge in [-0.25, -0.2) is 9.97 Å². The first kappa shape index (κ1) is 14.9. The Morgan fingerprint density at radius 3 is 2.78 bits per heavy atom. The highest BCUT2D eigenvalue weighted by Gasteiger charge is 2.05. The van der Waals surface area contributed by atoms with Crippen LogP contribution in [0.4, 0.5) is 17.2 Å². The molecule has 2 aromatic carbocycles. The molecule has 0 bridgehead atoms. The minimum Gasteiger partial charge on any atom is -0.375 e. The lowest BCUT2D eigenvalue weighted by molar-refractivity contribution is -0.119. The van der Waals surface area contributed by atoms with Gasteiger partial charge in [-0.2, -0.15) is 0 Å². The number of fused-ring (bicyclic) bond motifs is 1. The first-order valence-electron chi connectivity index (χ1n) is 7.12. The molecule has 1 amide bonds. The number of carbonyl (C=O) groups is 1. The Hall–Kier alpha value is -2.99. The summed E-state index contributed by atoms with van der Waals surface area (Å²) in [5.74, 6) is 0.521. The van der Waals surface area contributed by atoms with Crippen molar-refractivity contribution in [2.75, 3.05) is 24.4 Å². The Balaban J connectivity index is 1.83. The van der Waals surface area contributed by atoms with Crippen molar-refractivity contribution >= 4 is 34.0 Å². The minimum atomic E-state index is -0.197. The van der Waals surface area contributed by atoms with E-state index >= 15 is 0 Å². The molecule has 0 unspecified atom stereocenters. The lowest BCUT2D eigenvalue weighted by Gasteiger charge is -2.10. The largest absolute Gasteiger partial charge is 0.375 e. The first-order chi connectivity index (χ1) is 11.3. The third-order valence-corrected chi connectivity index (χ3v) is 3.23. The molecular formula is C17H16N4O2. The van der Waals surface area contributed by atoms with Gasteiger partial charge in [-0.1, -0.05) is 18.2 Å². The molecule has 0 saturated carbocycles. The average Bonchev–Trinajstić information content (AvgIpc) is 2.56. The maximum Gasteiger partial charge on any atom is 0.250 e. The summed E-state index contributed by atoms with van der Waals surface area (Å²) in [6.07, 6.45) is 1.52. The average molecular weight is 308 g/mol. The second kappa shape index (κ2) is 6.85. The van der Waals surface area contributed by atoms with Gasteiger partial charge < -0.3 is 15.4 Å². The number of ether oxygens (including phenoxy) is 1. The minimum absolute atomic E-state index is 0.0220. The van der Waals surface area contributed by atoms with Gasteiger partial charge in [-0.3, -0.25) is 4.79 Å². The molecule has 116 valence electrons. The molecule has 6 nitrogen and oxygen atoms in total. The maximum absolute atomic E-state index is 11.6. The van der Waals surface area contributed by atoms with E-state index in [0.29, 0.717) is 5.69 Å². The molecule has 0 radical (unpaired) electrons. The second-order valence-corrected chi connectivity index (χ2v) is 4.93. The zero-order valence-corrected chi connectivity index (χ0v) is 12.6. The van der Waals surface area contributed by atoms with Gasteiger partial charge in [0.2, 0.25) is 5.91 Å². The number of benzene rings is 2. The SMILES string of the molecule is COCC(=O)Nc1cccc(Nc2ncnc3ccccc23)c1. The van der Waals surface area contributed by atoms with Crippen LogP contribution >= 0.6 is 0 Å². The maximum atomic E-state index is 11.6. The van der Waals surface area contributed by atoms with Gasteiger partial charge in [0.25, 0.3) is 0 Å². The highest BCUT2D eigenvalue weighted by molar-refractivity contribution is 5.93. The van der Waals surface area contributed by atoms with Crippen LogP contribution in [0.5, 0.6) is 0 Å². The molecule has 3 aromatic rings. The van der Waals surface area contributed by atoms with Gasteiger partial charge in [0.05, 0.1) is 5.52 Å². The molecule has 0 aliphatic heterocycles. The van der Waals surface area contributed by atoms with Crippen LogP contribution in [0.2, 0.25) is 0 Å². The van der Waals surface area contributed by atoms with Crippen LogP contribution in [0.25, 0.3) is 10.9 Å². The van der Waals surface area contributed by atoms with Crippen molar-refractivity contribution in [3.8, 4) is 0 Å². The number of hydrogen-bond acceptors (Lipinski definition) is 5. The predicted molar refractivity (Wildman–Crippen MR) is 89.8 cm³/mol. The van der Waals surface area contributed by atoms with E-state index in [-0.39, 0.29) is 12.5 Å². The highest BCUT2D eigenvalue weighted by atomic mass is 16.5. The first-order valence-corrected chi connectivity index (χ1v) is 7.12. The van der Waals surface area contributed by atoms with Gasteiger partial charge in [0, 0.05) is 23.9 Å². The quantitative estimate of drug-likeness (QED) is 0.758. The van der Waals surface area contributed by atoms with Crippen LogP contribution in [0.3, 0.4) is 0 Å². The normalized spacial score (nSPS) is 10.5. The van der Waals surface area contributed by atoms with E-state index in [1.165, 1.54) is 13.4 Å². The topological polar surface area (TPSA) is 76.1 Å². The summed E-state index contributed by atoms with van der Waals surface area (Å²) >= 11 is 0. The van der Waals surface area contributed by atoms with Gasteiger partial charge in [0.15, 0.2) is 0 Å². The molecule has 0 saturated heterocycles. The molecule has 0 aliphatic carbocycles. The summed E-state index contributed by atoms with van der Waals surface area (Å²) in [5, 5.41) is 6.96. The molecular weight excluding hydrogens is 292 g/mol. The van der Waals surface area contributed by atoms with Crippen LogP contribution < -0.4 is 10.6 Å². The molecule has 6 heteroatoms. The summed E-state index contributed by atoms with van der Waals surface area (Å²) < 4.78 is 4.81. The monoisotopic (exact) mass is 308 g/mol. The van der Waals surface area contributed by atoms with Gasteiger partial charge in [-0.05, 0) is 30.3 Å². The smallest absolute Gasteiger partial charge is 0.250 e. The zero-order chi connectivity index (χ0) is 16.1. The van der Waals surface area contributed by atoms with E-state index < -0.39 is 0 Å². The fourth-order valence-electron chi connectivity index (χ4n) is 2.24. The third-order valence-electron chi connectivity index (χ3n) is 3.23. The van der Waals surface area contributed by atoms with Crippen molar-refractivity contribution < 1.29 is 9.53 Å². The van der Waals surface area contributed by atoms with Crippen molar-refractivity contribution in [1.29, 1.82) is 0 Å². The fourth-order valence-corrected chi connectivity index (χ4v) is 2.24. The number of aromatic nitrogens is 2. The van der Waals surface area contributed by atoms with Crippen LogP contribution in [-0.4, -0.2) is 29.6 Å². The van der Waals surface area contributed by atoms with E-state index in [1.54, 1.807) is 0 Å². The lowest BCUT2D eigenvalue weighted by Crippen LogP contribution is -2.17. The van der Waals surface area contributed by atoms with Crippen molar-refractivity contribution in [2.24, 2.45) is 0 Å². The summed E-state index contributed by atoms with van der Waals surface area (Å²) in [5.41, 5.74) is 2.38. The Labute approximate surface area is 133 Å². The van der Waals surface area contributed by atoms with Crippen LogP contribution in [0, 0.1) is 0 Å². The number of hydrogen-bond donors (Lipinski definition) is 2. The summed E-state index contributed by atoms with van der Waals surface area (Å²) in [7, 11) is 1.48. The summed E-state index contributed by atoms with van der Waals surface area (Å²) in [6, 6.07) is 15.2.